The Kier molecular flexibility index (Phi) is 2.25. The molecule has 11 heavy (non-hydrogen) atoms. The lowest BCUT2D eigenvalue weighted by molar-refractivity contribution is -0.146. The molecule has 0 aliphatic carbocycles. The summed E-state index contributed by atoms with van der Waals surface area (Å²) in [5.41, 5.74) is 0. The third kappa shape index (κ3) is 2.07. The largest absolute Gasteiger partial charge is 0.465 e. The zero-order valence-electron chi connectivity index (χ0n) is 6.07. The monoisotopic (exact) mass is 156 g/mol. The van der Waals surface area contributed by atoms with Crippen molar-refractivity contribution in [2.45, 2.75) is 6.92 Å². The second kappa shape index (κ2) is 3.18. The Morgan fingerprint density at radius 3 is 3.00 bits per heavy atom. The number of carbonyl (C=O) groups excluding carboxylic acids is 2. The summed E-state index contributed by atoms with van der Waals surface area (Å²) < 4.78 is 9.09. The third-order valence-corrected chi connectivity index (χ3v) is 1.26. The molecular formula is C7H8O4. The van der Waals surface area contributed by atoms with Crippen molar-refractivity contribution in [3.05, 3.63) is 12.3 Å². The lowest BCUT2D eigenvalue weighted by atomic mass is 10.2. The smallest absolute Gasteiger partial charge is 0.321 e. The maximum atomic E-state index is 10.7. The first-order valence-corrected chi connectivity index (χ1v) is 3.20. The Morgan fingerprint density at radius 2 is 2.55 bits per heavy atom. The van der Waals surface area contributed by atoms with E-state index < -0.39 is 11.9 Å². The van der Waals surface area contributed by atoms with Crippen molar-refractivity contribution >= 4 is 11.9 Å². The Balaban J connectivity index is 2.31. The van der Waals surface area contributed by atoms with Crippen molar-refractivity contribution in [3.63, 3.8) is 0 Å². The molecule has 0 N–H and O–H groups in total. The minimum absolute atomic E-state index is 0.0741. The molecule has 1 unspecified atom stereocenters. The zero-order chi connectivity index (χ0) is 8.27. The van der Waals surface area contributed by atoms with E-state index in [1.807, 2.05) is 0 Å². The Morgan fingerprint density at radius 1 is 1.82 bits per heavy atom. The van der Waals surface area contributed by atoms with E-state index in [4.69, 9.17) is 0 Å². The second-order valence-electron chi connectivity index (χ2n) is 2.17. The summed E-state index contributed by atoms with van der Waals surface area (Å²) in [4.78, 5) is 21.0. The zero-order valence-corrected chi connectivity index (χ0v) is 6.07. The minimum atomic E-state index is -0.418. The molecule has 4 heteroatoms. The quantitative estimate of drug-likeness (QED) is 0.537. The average Bonchev–Trinajstić information content (AvgIpc) is 2.31. The number of rotatable bonds is 2. The molecule has 0 saturated carbocycles. The minimum Gasteiger partial charge on any atom is -0.465 e. The van der Waals surface area contributed by atoms with Crippen LogP contribution in [-0.4, -0.2) is 18.5 Å². The molecule has 60 valence electrons. The van der Waals surface area contributed by atoms with E-state index in [2.05, 4.69) is 9.47 Å². The van der Waals surface area contributed by atoms with Gasteiger partial charge in [0, 0.05) is 6.92 Å². The standard InChI is InChI=1S/C7H8O4/c1-5(8)11-4-6-2-3-10-7(6)9/h2-3,6H,4H2,1H3. The Bertz CT molecular complexity index is 206. The van der Waals surface area contributed by atoms with Crippen LogP contribution in [0, 0.1) is 5.92 Å². The molecule has 0 saturated heterocycles. The fourth-order valence-corrected chi connectivity index (χ4v) is 0.698. The van der Waals surface area contributed by atoms with E-state index in [1.165, 1.54) is 13.2 Å². The first kappa shape index (κ1) is 7.78. The summed E-state index contributed by atoms with van der Waals surface area (Å²) in [6.07, 6.45) is 2.86. The van der Waals surface area contributed by atoms with Gasteiger partial charge in [-0.05, 0) is 6.08 Å². The van der Waals surface area contributed by atoms with Gasteiger partial charge in [0.1, 0.15) is 12.5 Å². The van der Waals surface area contributed by atoms with Crippen LogP contribution in [0.1, 0.15) is 6.92 Å². The van der Waals surface area contributed by atoms with Crippen molar-refractivity contribution in [1.82, 2.24) is 0 Å². The van der Waals surface area contributed by atoms with Crippen LogP contribution in [0.3, 0.4) is 0 Å². The summed E-state index contributed by atoms with van der Waals surface area (Å²) >= 11 is 0. The number of carbonyl (C=O) groups is 2. The number of esters is 2. The van der Waals surface area contributed by atoms with Crippen LogP contribution < -0.4 is 0 Å². The highest BCUT2D eigenvalue weighted by molar-refractivity contribution is 5.77. The number of cyclic esters (lactones) is 1. The molecule has 0 bridgehead atoms. The van der Waals surface area contributed by atoms with Crippen molar-refractivity contribution < 1.29 is 19.1 Å². The van der Waals surface area contributed by atoms with Gasteiger partial charge in [-0.1, -0.05) is 0 Å². The van der Waals surface area contributed by atoms with Crippen molar-refractivity contribution in [2.75, 3.05) is 6.61 Å². The van der Waals surface area contributed by atoms with E-state index >= 15 is 0 Å². The van der Waals surface area contributed by atoms with Gasteiger partial charge >= 0.3 is 11.9 Å². The van der Waals surface area contributed by atoms with Crippen molar-refractivity contribution in [1.29, 1.82) is 0 Å². The summed E-state index contributed by atoms with van der Waals surface area (Å²) in [5.74, 6) is -1.18. The van der Waals surface area contributed by atoms with Crippen LogP contribution in [0.5, 0.6) is 0 Å². The summed E-state index contributed by atoms with van der Waals surface area (Å²) in [7, 11) is 0. The highest BCUT2D eigenvalue weighted by Crippen LogP contribution is 2.10. The fraction of sp³-hybridized carbons (Fsp3) is 0.429. The normalized spacial score (nSPS) is 21.5. The van der Waals surface area contributed by atoms with Gasteiger partial charge in [0.05, 0.1) is 6.26 Å². The van der Waals surface area contributed by atoms with E-state index in [1.54, 1.807) is 6.08 Å². The van der Waals surface area contributed by atoms with E-state index in [-0.39, 0.29) is 12.6 Å². The highest BCUT2D eigenvalue weighted by atomic mass is 16.5. The first-order chi connectivity index (χ1) is 5.20. The Labute approximate surface area is 63.8 Å². The lowest BCUT2D eigenvalue weighted by Gasteiger charge is -2.03. The molecule has 0 amide bonds. The second-order valence-corrected chi connectivity index (χ2v) is 2.17. The van der Waals surface area contributed by atoms with Gasteiger partial charge in [-0.2, -0.15) is 0 Å². The van der Waals surface area contributed by atoms with E-state index in [0.29, 0.717) is 0 Å². The molecule has 1 aliphatic heterocycles. The van der Waals surface area contributed by atoms with Gasteiger partial charge in [0.15, 0.2) is 0 Å². The molecule has 0 aromatic carbocycles. The molecule has 1 aliphatic rings. The molecule has 1 heterocycles. The molecule has 0 aromatic heterocycles. The van der Waals surface area contributed by atoms with Crippen LogP contribution in [0.4, 0.5) is 0 Å². The topological polar surface area (TPSA) is 52.6 Å². The van der Waals surface area contributed by atoms with Crippen LogP contribution in [0.2, 0.25) is 0 Å². The van der Waals surface area contributed by atoms with Crippen LogP contribution in [0.25, 0.3) is 0 Å². The van der Waals surface area contributed by atoms with Crippen LogP contribution in [0.15, 0.2) is 12.3 Å². The van der Waals surface area contributed by atoms with Gasteiger partial charge in [-0.15, -0.1) is 0 Å². The lowest BCUT2D eigenvalue weighted by Crippen LogP contribution is -2.16. The predicted molar refractivity (Wildman–Crippen MR) is 35.4 cm³/mol. The summed E-state index contributed by atoms with van der Waals surface area (Å²) in [6, 6.07) is 0. The molecule has 0 radical (unpaired) electrons. The van der Waals surface area contributed by atoms with Gasteiger partial charge < -0.3 is 9.47 Å². The molecule has 0 spiro atoms. The summed E-state index contributed by atoms with van der Waals surface area (Å²) in [6.45, 7) is 1.37. The molecule has 1 rings (SSSR count). The first-order valence-electron chi connectivity index (χ1n) is 3.20. The number of hydrogen-bond acceptors (Lipinski definition) is 4. The molecule has 0 aromatic rings. The van der Waals surface area contributed by atoms with Gasteiger partial charge in [-0.25, -0.2) is 0 Å². The summed E-state index contributed by atoms with van der Waals surface area (Å²) in [5, 5.41) is 0. The molecular weight excluding hydrogens is 148 g/mol. The van der Waals surface area contributed by atoms with Gasteiger partial charge in [0.25, 0.3) is 0 Å². The molecule has 4 nitrogen and oxygen atoms in total. The van der Waals surface area contributed by atoms with E-state index in [9.17, 15) is 9.59 Å². The maximum Gasteiger partial charge on any atom is 0.321 e. The SMILES string of the molecule is CC(=O)OCC1C=COC1=O. The van der Waals surface area contributed by atoms with E-state index in [0.717, 1.165) is 0 Å². The number of hydrogen-bond donors (Lipinski definition) is 0. The molecule has 0 fully saturated rings. The maximum absolute atomic E-state index is 10.7. The fourth-order valence-electron chi connectivity index (χ4n) is 0.698. The molecule has 1 atom stereocenters. The van der Waals surface area contributed by atoms with Crippen molar-refractivity contribution in [3.8, 4) is 0 Å². The van der Waals surface area contributed by atoms with Gasteiger partial charge in [-0.3, -0.25) is 9.59 Å². The third-order valence-electron chi connectivity index (χ3n) is 1.26. The van der Waals surface area contributed by atoms with Crippen molar-refractivity contribution in [2.24, 2.45) is 5.92 Å². The van der Waals surface area contributed by atoms with Gasteiger partial charge in [0.2, 0.25) is 0 Å². The predicted octanol–water partition coefficient (Wildman–Crippen LogP) is 0.236. The average molecular weight is 156 g/mol. The highest BCUT2D eigenvalue weighted by Gasteiger charge is 2.22. The Hall–Kier alpha value is -1.32. The number of ether oxygens (including phenoxy) is 2. The van der Waals surface area contributed by atoms with Crippen LogP contribution in [-0.2, 0) is 19.1 Å². The van der Waals surface area contributed by atoms with Crippen LogP contribution >= 0.6 is 0 Å².